The average Bonchev–Trinajstić information content (AvgIpc) is 3.21. The number of guanidine groups is 1. The number of aliphatic imine (C=N–C) groups is 1. The number of hydrogen-bond donors (Lipinski definition) is 3. The van der Waals surface area contributed by atoms with Crippen molar-refractivity contribution < 1.29 is 24.1 Å². The van der Waals surface area contributed by atoms with Crippen molar-refractivity contribution in [3.8, 4) is 29.3 Å². The highest BCUT2D eigenvalue weighted by Crippen LogP contribution is 2.36. The fourth-order valence-corrected chi connectivity index (χ4v) is 7.34. The highest BCUT2D eigenvalue weighted by molar-refractivity contribution is 5.92. The Morgan fingerprint density at radius 1 is 0.893 bits per heavy atom. The summed E-state index contributed by atoms with van der Waals surface area (Å²) < 4.78 is 18.2. The van der Waals surface area contributed by atoms with Gasteiger partial charge in [-0.05, 0) is 108 Å². The zero-order valence-electron chi connectivity index (χ0n) is 32.6. The third kappa shape index (κ3) is 11.3. The van der Waals surface area contributed by atoms with Crippen LogP contribution in [0.1, 0.15) is 85.1 Å². The Hall–Kier alpha value is -5.94. The van der Waals surface area contributed by atoms with E-state index in [4.69, 9.17) is 19.9 Å². The van der Waals surface area contributed by atoms with Crippen molar-refractivity contribution in [2.75, 3.05) is 19.5 Å². The number of phenols is 1. The Bertz CT molecular complexity index is 2170. The molecule has 0 aliphatic carbocycles. The SMILES string of the molecule is CN=C(N)Nc1cccc(CCCCCCCC2CC(=O)CCc3ccc(OC)c(c3)OCc3ccc4c(c(O)ccc4c3)C(Cc3ccccc3)C#CO2)c1. The Balaban J connectivity index is 1.18. The lowest BCUT2D eigenvalue weighted by molar-refractivity contribution is -0.121. The molecular weight excluding hydrogens is 699 g/mol. The number of phenolic OH excluding ortho intramolecular Hbond substituents is 1. The van der Waals surface area contributed by atoms with E-state index >= 15 is 0 Å². The van der Waals surface area contributed by atoms with Crippen molar-refractivity contribution in [1.29, 1.82) is 0 Å². The van der Waals surface area contributed by atoms with Crippen molar-refractivity contribution in [3.63, 3.8) is 0 Å². The van der Waals surface area contributed by atoms with Crippen LogP contribution in [0.2, 0.25) is 0 Å². The van der Waals surface area contributed by atoms with Crippen molar-refractivity contribution in [2.24, 2.45) is 10.7 Å². The molecule has 0 saturated carbocycles. The first-order valence-electron chi connectivity index (χ1n) is 19.7. The minimum absolute atomic E-state index is 0.137. The van der Waals surface area contributed by atoms with Gasteiger partial charge in [0.2, 0.25) is 0 Å². The van der Waals surface area contributed by atoms with Crippen molar-refractivity contribution in [1.82, 2.24) is 0 Å². The second-order valence-corrected chi connectivity index (χ2v) is 14.5. The molecule has 2 heterocycles. The number of nitrogens with two attached hydrogens (primary N) is 1. The molecule has 2 unspecified atom stereocenters. The lowest BCUT2D eigenvalue weighted by atomic mass is 9.88. The lowest BCUT2D eigenvalue weighted by Gasteiger charge is -2.18. The van der Waals surface area contributed by atoms with E-state index in [1.807, 2.05) is 66.7 Å². The summed E-state index contributed by atoms with van der Waals surface area (Å²) in [5.74, 6) is 5.04. The van der Waals surface area contributed by atoms with Crippen LogP contribution in [0.5, 0.6) is 17.2 Å². The number of carbonyl (C=O) groups is 1. The Labute approximate surface area is 331 Å². The van der Waals surface area contributed by atoms with Crippen molar-refractivity contribution in [2.45, 2.75) is 89.3 Å². The van der Waals surface area contributed by atoms with Gasteiger partial charge in [0.05, 0.1) is 13.0 Å². The quantitative estimate of drug-likeness (QED) is 0.0503. The van der Waals surface area contributed by atoms with Gasteiger partial charge in [-0.15, -0.1) is 0 Å². The van der Waals surface area contributed by atoms with E-state index in [1.54, 1.807) is 20.2 Å². The zero-order valence-corrected chi connectivity index (χ0v) is 32.6. The van der Waals surface area contributed by atoms with Gasteiger partial charge in [-0.25, -0.2) is 0 Å². The third-order valence-corrected chi connectivity index (χ3v) is 10.4. The second-order valence-electron chi connectivity index (χ2n) is 14.5. The van der Waals surface area contributed by atoms with Gasteiger partial charge < -0.3 is 30.4 Å². The van der Waals surface area contributed by atoms with Gasteiger partial charge in [0.15, 0.2) is 17.5 Å². The van der Waals surface area contributed by atoms with E-state index in [2.05, 4.69) is 52.7 Å². The Morgan fingerprint density at radius 2 is 1.70 bits per heavy atom. The highest BCUT2D eigenvalue weighted by Gasteiger charge is 2.20. The predicted octanol–water partition coefficient (Wildman–Crippen LogP) is 9.65. The monoisotopic (exact) mass is 751 g/mol. The molecule has 0 radical (unpaired) electrons. The van der Waals surface area contributed by atoms with E-state index < -0.39 is 0 Å². The topological polar surface area (TPSA) is 115 Å². The van der Waals surface area contributed by atoms with Gasteiger partial charge in [-0.2, -0.15) is 0 Å². The summed E-state index contributed by atoms with van der Waals surface area (Å²) in [6.07, 6.45) is 11.6. The molecule has 2 aliphatic heterocycles. The molecule has 0 aromatic heterocycles. The zero-order chi connectivity index (χ0) is 39.1. The van der Waals surface area contributed by atoms with Crippen LogP contribution < -0.4 is 20.5 Å². The van der Waals surface area contributed by atoms with Gasteiger partial charge in [0.1, 0.15) is 30.4 Å². The van der Waals surface area contributed by atoms with Gasteiger partial charge in [0, 0.05) is 31.1 Å². The van der Waals surface area contributed by atoms with Gasteiger partial charge in [-0.1, -0.05) is 91.9 Å². The Morgan fingerprint density at radius 3 is 2.54 bits per heavy atom. The molecule has 5 aromatic carbocycles. The van der Waals surface area contributed by atoms with Crippen molar-refractivity contribution in [3.05, 3.63) is 131 Å². The number of rotatable bonds is 12. The van der Waals surface area contributed by atoms with Gasteiger partial charge in [-0.3, -0.25) is 9.79 Å². The molecule has 4 N–H and O–H groups in total. The maximum atomic E-state index is 13.5. The molecule has 5 aromatic rings. The summed E-state index contributed by atoms with van der Waals surface area (Å²) in [5, 5.41) is 16.3. The molecular formula is C48H53N3O5. The summed E-state index contributed by atoms with van der Waals surface area (Å²) in [4.78, 5) is 17.4. The molecule has 56 heavy (non-hydrogen) atoms. The molecule has 0 spiro atoms. The third-order valence-electron chi connectivity index (χ3n) is 10.4. The minimum Gasteiger partial charge on any atom is -0.508 e. The number of benzene rings is 5. The summed E-state index contributed by atoms with van der Waals surface area (Å²) in [7, 11) is 3.29. The molecule has 290 valence electrons. The average molecular weight is 752 g/mol. The first-order chi connectivity index (χ1) is 27.4. The number of nitrogens with one attached hydrogen (secondary N) is 1. The highest BCUT2D eigenvalue weighted by atomic mass is 16.5. The fourth-order valence-electron chi connectivity index (χ4n) is 7.34. The molecule has 6 bridgehead atoms. The molecule has 7 rings (SSSR count). The van der Waals surface area contributed by atoms with E-state index in [0.717, 1.165) is 83.7 Å². The van der Waals surface area contributed by atoms with Gasteiger partial charge >= 0.3 is 0 Å². The first kappa shape index (κ1) is 39.7. The number of carbonyl (C=O) groups excluding carboxylic acids is 1. The standard InChI is InChI=1S/C48H53N3O5/c1-50-48(49)51-40-16-11-15-35(30-40)14-7-4-3-5-10-17-42-32-41(52)22-18-36-20-25-45(54-2)46(31-36)56-33-37-19-23-43-38(29-37)21-24-44(53)47(43)39(26-27-55-42)28-34-12-8-6-9-13-34/h6,8-9,11-13,15-16,19-21,23-25,29-31,39,42,53H,3-5,7,10,14,17-18,22,28,32-33H2,1-2H3,(H3,49,50,51). The van der Waals surface area contributed by atoms with Crippen molar-refractivity contribution >= 4 is 28.2 Å². The minimum atomic E-state index is -0.346. The largest absolute Gasteiger partial charge is 0.508 e. The van der Waals surface area contributed by atoms with Crippen LogP contribution in [0.25, 0.3) is 10.8 Å². The number of methoxy groups -OCH3 is 1. The fraction of sp³-hybridized carbons (Fsp3) is 0.333. The van der Waals surface area contributed by atoms with E-state index in [1.165, 1.54) is 5.56 Å². The first-order valence-corrected chi connectivity index (χ1v) is 19.7. The predicted molar refractivity (Wildman–Crippen MR) is 225 cm³/mol. The van der Waals surface area contributed by atoms with E-state index in [-0.39, 0.29) is 30.0 Å². The molecule has 0 amide bonds. The number of unbranched alkanes of at least 4 members (excludes halogenated alkanes) is 4. The summed E-state index contributed by atoms with van der Waals surface area (Å²) in [6.45, 7) is 0.338. The van der Waals surface area contributed by atoms with E-state index in [9.17, 15) is 9.90 Å². The Kier molecular flexibility index (Phi) is 14.3. The summed E-state index contributed by atoms with van der Waals surface area (Å²) in [5.41, 5.74) is 11.9. The van der Waals surface area contributed by atoms with Crippen LogP contribution in [-0.4, -0.2) is 37.1 Å². The van der Waals surface area contributed by atoms with Crippen LogP contribution in [0.4, 0.5) is 5.69 Å². The maximum absolute atomic E-state index is 13.5. The van der Waals surface area contributed by atoms with Gasteiger partial charge in [0.25, 0.3) is 0 Å². The number of aryl methyl sites for hydroxylation is 2. The second kappa shape index (κ2) is 20.1. The molecule has 0 saturated heterocycles. The van der Waals surface area contributed by atoms with Crippen LogP contribution in [0, 0.1) is 12.0 Å². The number of anilines is 1. The molecule has 8 heteroatoms. The molecule has 8 nitrogen and oxygen atoms in total. The number of Topliss-reactive ketones (excluding diaryl/α,β-unsaturated/α-hetero) is 1. The number of ketones is 1. The van der Waals surface area contributed by atoms with Crippen LogP contribution in [0.3, 0.4) is 0 Å². The number of aromatic hydroxyl groups is 1. The van der Waals surface area contributed by atoms with Crippen LogP contribution in [-0.2, 0) is 35.4 Å². The molecule has 2 atom stereocenters. The lowest BCUT2D eigenvalue weighted by Crippen LogP contribution is -2.21. The smallest absolute Gasteiger partial charge is 0.192 e. The normalized spacial score (nSPS) is 16.2. The number of nitrogens with zero attached hydrogens (tertiary/aromatic N) is 1. The number of fused-ring (bicyclic) bond motifs is 9. The van der Waals surface area contributed by atoms with E-state index in [0.29, 0.717) is 43.3 Å². The summed E-state index contributed by atoms with van der Waals surface area (Å²) in [6, 6.07) is 34.2. The maximum Gasteiger partial charge on any atom is 0.192 e. The number of hydrogen-bond acceptors (Lipinski definition) is 6. The van der Waals surface area contributed by atoms with Crippen LogP contribution in [0.15, 0.2) is 108 Å². The molecule has 0 fully saturated rings. The summed E-state index contributed by atoms with van der Waals surface area (Å²) >= 11 is 0. The number of ether oxygens (including phenoxy) is 3. The molecule has 2 aliphatic rings. The van der Waals surface area contributed by atoms with Crippen LogP contribution >= 0.6 is 0 Å².